The van der Waals surface area contributed by atoms with Crippen molar-refractivity contribution in [1.29, 1.82) is 5.26 Å². The summed E-state index contributed by atoms with van der Waals surface area (Å²) in [5, 5.41) is 11.9. The van der Waals surface area contributed by atoms with Crippen molar-refractivity contribution in [2.24, 2.45) is 0 Å². The van der Waals surface area contributed by atoms with Gasteiger partial charge in [-0.05, 0) is 24.6 Å². The molecule has 2 nitrogen and oxygen atoms in total. The van der Waals surface area contributed by atoms with E-state index < -0.39 is 5.82 Å². The number of hydrogen-bond donors (Lipinski definition) is 1. The van der Waals surface area contributed by atoms with Gasteiger partial charge in [0.2, 0.25) is 0 Å². The second-order valence-electron chi connectivity index (χ2n) is 2.89. The Morgan fingerprint density at radius 3 is 2.79 bits per heavy atom. The first-order chi connectivity index (χ1) is 6.65. The molecule has 1 unspecified atom stereocenters. The highest BCUT2D eigenvalue weighted by Gasteiger charge is 2.05. The summed E-state index contributed by atoms with van der Waals surface area (Å²) in [6, 6.07) is 5.87. The normalized spacial score (nSPS) is 11.9. The number of nitrogens with zero attached hydrogens (tertiary/aromatic N) is 1. The third-order valence-corrected chi connectivity index (χ3v) is 1.99. The highest BCUT2D eigenvalue weighted by molar-refractivity contribution is 6.30. The van der Waals surface area contributed by atoms with Crippen LogP contribution in [0, 0.1) is 17.1 Å². The minimum Gasteiger partial charge on any atom is -0.370 e. The summed E-state index contributed by atoms with van der Waals surface area (Å²) in [6.07, 6.45) is 0.657. The second-order valence-corrected chi connectivity index (χ2v) is 3.33. The van der Waals surface area contributed by atoms with Crippen LogP contribution in [0.4, 0.5) is 10.1 Å². The fraction of sp³-hybridized carbons (Fsp3) is 0.300. The molecule has 0 amide bonds. The number of halogens is 2. The minimum atomic E-state index is -0.409. The Morgan fingerprint density at radius 1 is 1.57 bits per heavy atom. The van der Waals surface area contributed by atoms with Crippen molar-refractivity contribution in [3.05, 3.63) is 29.0 Å². The van der Waals surface area contributed by atoms with Crippen molar-refractivity contribution in [2.75, 3.05) is 5.32 Å². The number of benzene rings is 1. The van der Waals surface area contributed by atoms with E-state index in [0.29, 0.717) is 17.1 Å². The molecule has 0 saturated carbocycles. The van der Waals surface area contributed by atoms with E-state index in [1.165, 1.54) is 12.1 Å². The Kier molecular flexibility index (Phi) is 3.73. The van der Waals surface area contributed by atoms with Crippen molar-refractivity contribution in [1.82, 2.24) is 0 Å². The first kappa shape index (κ1) is 10.8. The zero-order valence-electron chi connectivity index (χ0n) is 7.72. The van der Waals surface area contributed by atoms with Gasteiger partial charge in [-0.25, -0.2) is 4.39 Å². The lowest BCUT2D eigenvalue weighted by atomic mass is 10.2. The molecular weight excluding hydrogens is 203 g/mol. The van der Waals surface area contributed by atoms with E-state index in [2.05, 4.69) is 11.4 Å². The molecule has 0 aliphatic carbocycles. The number of hydrogen-bond acceptors (Lipinski definition) is 2. The van der Waals surface area contributed by atoms with Crippen LogP contribution in [-0.2, 0) is 0 Å². The van der Waals surface area contributed by atoms with Gasteiger partial charge in [-0.2, -0.15) is 5.26 Å². The molecule has 1 N–H and O–H groups in total. The van der Waals surface area contributed by atoms with Crippen molar-refractivity contribution < 1.29 is 4.39 Å². The Bertz CT molecular complexity index is 339. The maximum absolute atomic E-state index is 12.9. The highest BCUT2D eigenvalue weighted by Crippen LogP contribution is 2.18. The molecule has 74 valence electrons. The SMILES string of the molecule is CCC(C#N)Nc1cc(F)cc(Cl)c1. The Balaban J connectivity index is 2.82. The van der Waals surface area contributed by atoms with E-state index in [1.54, 1.807) is 6.07 Å². The molecule has 0 bridgehead atoms. The zero-order chi connectivity index (χ0) is 10.6. The van der Waals surface area contributed by atoms with E-state index in [-0.39, 0.29) is 6.04 Å². The van der Waals surface area contributed by atoms with Crippen molar-refractivity contribution in [3.63, 3.8) is 0 Å². The Hall–Kier alpha value is -1.27. The quantitative estimate of drug-likeness (QED) is 0.835. The smallest absolute Gasteiger partial charge is 0.126 e. The lowest BCUT2D eigenvalue weighted by Crippen LogP contribution is -2.15. The average molecular weight is 213 g/mol. The molecule has 1 atom stereocenters. The van der Waals surface area contributed by atoms with Crippen LogP contribution in [0.3, 0.4) is 0 Å². The summed E-state index contributed by atoms with van der Waals surface area (Å²) in [5.74, 6) is -0.409. The standard InChI is InChI=1S/C10H10ClFN2/c1-2-9(6-13)14-10-4-7(11)3-8(12)5-10/h3-5,9,14H,2H2,1H3. The molecule has 0 aliphatic rings. The summed E-state index contributed by atoms with van der Waals surface area (Å²) in [6.45, 7) is 1.88. The number of rotatable bonds is 3. The van der Waals surface area contributed by atoms with Gasteiger partial charge in [0.15, 0.2) is 0 Å². The van der Waals surface area contributed by atoms with Gasteiger partial charge in [0.25, 0.3) is 0 Å². The first-order valence-electron chi connectivity index (χ1n) is 4.28. The average Bonchev–Trinajstić information content (AvgIpc) is 2.12. The predicted molar refractivity (Wildman–Crippen MR) is 54.7 cm³/mol. The molecule has 1 aromatic rings. The fourth-order valence-corrected chi connectivity index (χ4v) is 1.29. The lowest BCUT2D eigenvalue weighted by molar-refractivity contribution is 0.628. The van der Waals surface area contributed by atoms with Gasteiger partial charge in [-0.1, -0.05) is 18.5 Å². The van der Waals surface area contributed by atoms with Gasteiger partial charge in [0.05, 0.1) is 6.07 Å². The summed E-state index contributed by atoms with van der Waals surface area (Å²) >= 11 is 5.66. The van der Waals surface area contributed by atoms with Crippen LogP contribution < -0.4 is 5.32 Å². The van der Waals surface area contributed by atoms with Gasteiger partial charge < -0.3 is 5.32 Å². The van der Waals surface area contributed by atoms with Crippen LogP contribution in [0.15, 0.2) is 18.2 Å². The summed E-state index contributed by atoms with van der Waals surface area (Å²) in [7, 11) is 0. The third-order valence-electron chi connectivity index (χ3n) is 1.77. The molecule has 0 aromatic heterocycles. The fourth-order valence-electron chi connectivity index (χ4n) is 1.06. The Morgan fingerprint density at radius 2 is 2.29 bits per heavy atom. The van der Waals surface area contributed by atoms with E-state index >= 15 is 0 Å². The van der Waals surface area contributed by atoms with Gasteiger partial charge >= 0.3 is 0 Å². The third kappa shape index (κ3) is 2.90. The van der Waals surface area contributed by atoms with Gasteiger partial charge in [0.1, 0.15) is 11.9 Å². The number of nitriles is 1. The van der Waals surface area contributed by atoms with Crippen LogP contribution in [0.1, 0.15) is 13.3 Å². The van der Waals surface area contributed by atoms with Crippen molar-refractivity contribution in [3.8, 4) is 6.07 Å². The van der Waals surface area contributed by atoms with Crippen LogP contribution in [0.25, 0.3) is 0 Å². The topological polar surface area (TPSA) is 35.8 Å². The lowest BCUT2D eigenvalue weighted by Gasteiger charge is -2.10. The van der Waals surface area contributed by atoms with Crippen LogP contribution in [0.5, 0.6) is 0 Å². The molecule has 0 aliphatic heterocycles. The summed E-state index contributed by atoms with van der Waals surface area (Å²) < 4.78 is 12.9. The van der Waals surface area contributed by atoms with E-state index in [1.807, 2.05) is 6.92 Å². The highest BCUT2D eigenvalue weighted by atomic mass is 35.5. The van der Waals surface area contributed by atoms with Crippen LogP contribution in [0.2, 0.25) is 5.02 Å². The van der Waals surface area contributed by atoms with Gasteiger partial charge in [-0.3, -0.25) is 0 Å². The number of nitrogens with one attached hydrogen (secondary N) is 1. The molecule has 14 heavy (non-hydrogen) atoms. The maximum Gasteiger partial charge on any atom is 0.126 e. The van der Waals surface area contributed by atoms with E-state index in [0.717, 1.165) is 0 Å². The summed E-state index contributed by atoms with van der Waals surface area (Å²) in [5.41, 5.74) is 0.531. The van der Waals surface area contributed by atoms with Crippen LogP contribution in [-0.4, -0.2) is 6.04 Å². The second kappa shape index (κ2) is 4.83. The largest absolute Gasteiger partial charge is 0.370 e. The molecule has 0 heterocycles. The van der Waals surface area contributed by atoms with E-state index in [4.69, 9.17) is 16.9 Å². The van der Waals surface area contributed by atoms with Gasteiger partial charge in [-0.15, -0.1) is 0 Å². The molecule has 0 radical (unpaired) electrons. The van der Waals surface area contributed by atoms with Crippen LogP contribution >= 0.6 is 11.6 Å². The zero-order valence-corrected chi connectivity index (χ0v) is 8.48. The monoisotopic (exact) mass is 212 g/mol. The molecule has 4 heteroatoms. The molecule has 0 saturated heterocycles. The number of anilines is 1. The molecule has 0 fully saturated rings. The van der Waals surface area contributed by atoms with Gasteiger partial charge in [0, 0.05) is 10.7 Å². The van der Waals surface area contributed by atoms with Crippen molar-refractivity contribution >= 4 is 17.3 Å². The predicted octanol–water partition coefficient (Wildman–Crippen LogP) is 3.19. The molecule has 0 spiro atoms. The van der Waals surface area contributed by atoms with E-state index in [9.17, 15) is 4.39 Å². The Labute approximate surface area is 87.3 Å². The van der Waals surface area contributed by atoms with Crippen molar-refractivity contribution in [2.45, 2.75) is 19.4 Å². The maximum atomic E-state index is 12.9. The molecule has 1 rings (SSSR count). The summed E-state index contributed by atoms with van der Waals surface area (Å²) in [4.78, 5) is 0. The molecular formula is C10H10ClFN2. The molecule has 1 aromatic carbocycles. The first-order valence-corrected chi connectivity index (χ1v) is 4.65. The minimum absolute atomic E-state index is 0.312.